The summed E-state index contributed by atoms with van der Waals surface area (Å²) in [5.41, 5.74) is 3.38. The van der Waals surface area contributed by atoms with Crippen LogP contribution in [-0.4, -0.2) is 24.0 Å². The van der Waals surface area contributed by atoms with Gasteiger partial charge in [-0.3, -0.25) is 9.78 Å². The fraction of sp³-hybridized carbons (Fsp3) is 0.391. The number of nitrogens with zero attached hydrogens (tertiary/aromatic N) is 1. The third-order valence-electron chi connectivity index (χ3n) is 4.11. The summed E-state index contributed by atoms with van der Waals surface area (Å²) < 4.78 is 5.82. The fourth-order valence-electron chi connectivity index (χ4n) is 2.51. The molecule has 0 spiro atoms. The number of benzene rings is 1. The van der Waals surface area contributed by atoms with Crippen LogP contribution in [0.1, 0.15) is 50.3 Å². The van der Waals surface area contributed by atoms with Gasteiger partial charge in [0.05, 0.1) is 13.2 Å². The largest absolute Gasteiger partial charge is 0.493 e. The van der Waals surface area contributed by atoms with E-state index in [4.69, 9.17) is 4.74 Å². The number of amides is 1. The number of hydrogen-bond acceptors (Lipinski definition) is 3. The number of rotatable bonds is 6. The van der Waals surface area contributed by atoms with Crippen molar-refractivity contribution >= 4 is 5.91 Å². The Balaban J connectivity index is 1.68. The lowest BCUT2D eigenvalue weighted by atomic mass is 9.86. The van der Waals surface area contributed by atoms with Gasteiger partial charge >= 0.3 is 0 Å². The molecule has 0 aliphatic heterocycles. The molecule has 0 aliphatic rings. The zero-order valence-corrected chi connectivity index (χ0v) is 16.6. The number of pyridine rings is 1. The van der Waals surface area contributed by atoms with Crippen LogP contribution >= 0.6 is 0 Å². The van der Waals surface area contributed by atoms with Gasteiger partial charge in [-0.05, 0) is 48.1 Å². The summed E-state index contributed by atoms with van der Waals surface area (Å²) in [4.78, 5) is 15.8. The van der Waals surface area contributed by atoms with E-state index in [0.717, 1.165) is 16.9 Å². The first-order chi connectivity index (χ1) is 12.9. The van der Waals surface area contributed by atoms with Crippen LogP contribution in [0, 0.1) is 18.8 Å². The second-order valence-electron chi connectivity index (χ2n) is 7.50. The van der Waals surface area contributed by atoms with Gasteiger partial charge in [0, 0.05) is 24.4 Å². The van der Waals surface area contributed by atoms with Crippen molar-refractivity contribution in [3.05, 3.63) is 59.4 Å². The number of aryl methyl sites for hydroxylation is 1. The third kappa shape index (κ3) is 7.15. The van der Waals surface area contributed by atoms with Gasteiger partial charge in [-0.2, -0.15) is 0 Å². The summed E-state index contributed by atoms with van der Waals surface area (Å²) in [7, 11) is 0. The first-order valence-corrected chi connectivity index (χ1v) is 9.26. The topological polar surface area (TPSA) is 51.2 Å². The normalized spacial score (nSPS) is 10.7. The molecule has 0 bridgehead atoms. The van der Waals surface area contributed by atoms with Crippen molar-refractivity contribution < 1.29 is 9.53 Å². The van der Waals surface area contributed by atoms with Crippen LogP contribution in [0.5, 0.6) is 5.75 Å². The minimum atomic E-state index is -0.0149. The van der Waals surface area contributed by atoms with Gasteiger partial charge in [-0.1, -0.05) is 44.7 Å². The summed E-state index contributed by atoms with van der Waals surface area (Å²) >= 11 is 0. The smallest absolute Gasteiger partial charge is 0.220 e. The zero-order chi connectivity index (χ0) is 19.7. The van der Waals surface area contributed by atoms with Crippen LogP contribution in [0.2, 0.25) is 0 Å². The van der Waals surface area contributed by atoms with Crippen molar-refractivity contribution in [2.24, 2.45) is 0 Å². The third-order valence-corrected chi connectivity index (χ3v) is 4.11. The predicted octanol–water partition coefficient (Wildman–Crippen LogP) is 4.01. The summed E-state index contributed by atoms with van der Waals surface area (Å²) in [6, 6.07) is 10.0. The van der Waals surface area contributed by atoms with E-state index in [-0.39, 0.29) is 11.3 Å². The molecule has 4 heteroatoms. The Bertz CT molecular complexity index is 812. The molecule has 1 aromatic carbocycles. The van der Waals surface area contributed by atoms with Gasteiger partial charge in [0.15, 0.2) is 0 Å². The molecule has 1 aromatic heterocycles. The highest BCUT2D eigenvalue weighted by Gasteiger charge is 2.14. The molecular formula is C23H28N2O2. The molecule has 1 amide bonds. The van der Waals surface area contributed by atoms with Crippen molar-refractivity contribution in [3.63, 3.8) is 0 Å². The van der Waals surface area contributed by atoms with Crippen LogP contribution in [0.3, 0.4) is 0 Å². The average molecular weight is 364 g/mol. The predicted molar refractivity (Wildman–Crippen MR) is 109 cm³/mol. The lowest BCUT2D eigenvalue weighted by molar-refractivity contribution is -0.121. The summed E-state index contributed by atoms with van der Waals surface area (Å²) in [6.45, 7) is 9.50. The standard InChI is InChI=1S/C23H28N2O2/c1-18-16-20(23(2,3)4)11-12-21(18)27-15-7-10-22(26)25-14-6-9-19-8-5-13-24-17-19/h5,8,11-13,16-17H,7,10,14-15H2,1-4H3,(H,25,26). The minimum Gasteiger partial charge on any atom is -0.493 e. The van der Waals surface area contributed by atoms with E-state index in [2.05, 4.69) is 62.0 Å². The first-order valence-electron chi connectivity index (χ1n) is 9.26. The first kappa shape index (κ1) is 20.5. The number of hydrogen-bond donors (Lipinski definition) is 1. The van der Waals surface area contributed by atoms with Crippen molar-refractivity contribution in [1.29, 1.82) is 0 Å². The Morgan fingerprint density at radius 3 is 2.74 bits per heavy atom. The molecule has 0 aliphatic carbocycles. The highest BCUT2D eigenvalue weighted by molar-refractivity contribution is 5.76. The number of ether oxygens (including phenoxy) is 1. The Morgan fingerprint density at radius 2 is 2.07 bits per heavy atom. The quantitative estimate of drug-likeness (QED) is 0.622. The molecule has 4 nitrogen and oxygen atoms in total. The van der Waals surface area contributed by atoms with E-state index in [1.807, 2.05) is 18.2 Å². The summed E-state index contributed by atoms with van der Waals surface area (Å²) in [6.07, 6.45) is 4.49. The molecule has 1 heterocycles. The zero-order valence-electron chi connectivity index (χ0n) is 16.6. The van der Waals surface area contributed by atoms with Gasteiger partial charge in [-0.15, -0.1) is 0 Å². The molecule has 27 heavy (non-hydrogen) atoms. The Hall–Kier alpha value is -2.80. The Labute approximate surface area is 162 Å². The van der Waals surface area contributed by atoms with Crippen LogP contribution < -0.4 is 10.1 Å². The summed E-state index contributed by atoms with van der Waals surface area (Å²) in [5, 5.41) is 2.80. The van der Waals surface area contributed by atoms with E-state index >= 15 is 0 Å². The minimum absolute atomic E-state index is 0.0149. The molecule has 0 atom stereocenters. The monoisotopic (exact) mass is 364 g/mol. The number of nitrogens with one attached hydrogen (secondary N) is 1. The van der Waals surface area contributed by atoms with E-state index in [1.54, 1.807) is 12.4 Å². The van der Waals surface area contributed by atoms with E-state index in [9.17, 15) is 4.79 Å². The SMILES string of the molecule is Cc1cc(C(C)(C)C)ccc1OCCCC(=O)NCC#Cc1cccnc1. The Morgan fingerprint density at radius 1 is 1.26 bits per heavy atom. The van der Waals surface area contributed by atoms with Crippen molar-refractivity contribution in [2.75, 3.05) is 13.2 Å². The highest BCUT2D eigenvalue weighted by atomic mass is 16.5. The van der Waals surface area contributed by atoms with Crippen molar-refractivity contribution in [2.45, 2.75) is 46.0 Å². The van der Waals surface area contributed by atoms with Gasteiger partial charge in [-0.25, -0.2) is 0 Å². The molecule has 142 valence electrons. The van der Waals surface area contributed by atoms with Gasteiger partial charge in [0.1, 0.15) is 5.75 Å². The van der Waals surface area contributed by atoms with Gasteiger partial charge < -0.3 is 10.1 Å². The molecular weight excluding hydrogens is 336 g/mol. The van der Waals surface area contributed by atoms with Crippen LogP contribution in [-0.2, 0) is 10.2 Å². The second kappa shape index (κ2) is 9.78. The van der Waals surface area contributed by atoms with Crippen LogP contribution in [0.25, 0.3) is 0 Å². The maximum absolute atomic E-state index is 11.8. The van der Waals surface area contributed by atoms with Crippen molar-refractivity contribution in [1.82, 2.24) is 10.3 Å². The number of carbonyl (C=O) groups is 1. The number of aromatic nitrogens is 1. The van der Waals surface area contributed by atoms with Gasteiger partial charge in [0.2, 0.25) is 5.91 Å². The molecule has 0 saturated carbocycles. The van der Waals surface area contributed by atoms with Crippen LogP contribution in [0.4, 0.5) is 0 Å². The van der Waals surface area contributed by atoms with E-state index in [0.29, 0.717) is 26.0 Å². The molecule has 0 fully saturated rings. The molecule has 1 N–H and O–H groups in total. The molecule has 0 unspecified atom stereocenters. The van der Waals surface area contributed by atoms with Crippen molar-refractivity contribution in [3.8, 4) is 17.6 Å². The molecule has 0 saturated heterocycles. The van der Waals surface area contributed by atoms with E-state index in [1.165, 1.54) is 5.56 Å². The Kier molecular flexibility index (Phi) is 7.43. The van der Waals surface area contributed by atoms with Crippen LogP contribution in [0.15, 0.2) is 42.7 Å². The van der Waals surface area contributed by atoms with Gasteiger partial charge in [0.25, 0.3) is 0 Å². The number of carbonyl (C=O) groups excluding carboxylic acids is 1. The molecule has 2 aromatic rings. The summed E-state index contributed by atoms with van der Waals surface area (Å²) in [5.74, 6) is 6.74. The lowest BCUT2D eigenvalue weighted by Gasteiger charge is -2.20. The maximum atomic E-state index is 11.8. The second-order valence-corrected chi connectivity index (χ2v) is 7.50. The average Bonchev–Trinajstić information content (AvgIpc) is 2.63. The lowest BCUT2D eigenvalue weighted by Crippen LogP contribution is -2.23. The maximum Gasteiger partial charge on any atom is 0.220 e. The molecule has 2 rings (SSSR count). The highest BCUT2D eigenvalue weighted by Crippen LogP contribution is 2.27. The van der Waals surface area contributed by atoms with E-state index < -0.39 is 0 Å². The fourth-order valence-corrected chi connectivity index (χ4v) is 2.51. The molecule has 0 radical (unpaired) electrons.